The Morgan fingerprint density at radius 3 is 2.64 bits per heavy atom. The van der Waals surface area contributed by atoms with Crippen LogP contribution >= 0.6 is 0 Å². The zero-order chi connectivity index (χ0) is 19.2. The number of aromatic nitrogens is 3. The molecule has 6 nitrogen and oxygen atoms in total. The molecule has 140 valence electrons. The van der Waals surface area contributed by atoms with E-state index in [1.54, 1.807) is 13.1 Å². The molecule has 0 bridgehead atoms. The molecule has 0 radical (unpaired) electrons. The van der Waals surface area contributed by atoms with Crippen molar-refractivity contribution in [2.45, 2.75) is 20.1 Å². The van der Waals surface area contributed by atoms with Gasteiger partial charge in [-0.15, -0.1) is 0 Å². The zero-order valence-corrected chi connectivity index (χ0v) is 15.5. The Morgan fingerprint density at radius 1 is 0.964 bits per heavy atom. The summed E-state index contributed by atoms with van der Waals surface area (Å²) in [5, 5.41) is 7.20. The van der Waals surface area contributed by atoms with Gasteiger partial charge in [0, 0.05) is 12.7 Å². The number of nitrogens with one attached hydrogen (secondary N) is 1. The molecule has 6 heteroatoms. The summed E-state index contributed by atoms with van der Waals surface area (Å²) in [5.41, 5.74) is 3.00. The van der Waals surface area contributed by atoms with Crippen molar-refractivity contribution in [3.63, 3.8) is 0 Å². The topological polar surface area (TPSA) is 73.1 Å². The summed E-state index contributed by atoms with van der Waals surface area (Å²) in [6, 6.07) is 21.9. The second-order valence-corrected chi connectivity index (χ2v) is 6.32. The maximum Gasteiger partial charge on any atom is 0.261 e. The molecule has 4 rings (SSSR count). The van der Waals surface area contributed by atoms with Gasteiger partial charge in [0.1, 0.15) is 18.2 Å². The van der Waals surface area contributed by atoms with E-state index >= 15 is 0 Å². The fourth-order valence-corrected chi connectivity index (χ4v) is 2.80. The van der Waals surface area contributed by atoms with E-state index in [-0.39, 0.29) is 0 Å². The highest BCUT2D eigenvalue weighted by Crippen LogP contribution is 2.25. The summed E-state index contributed by atoms with van der Waals surface area (Å²) in [7, 11) is 0. The average Bonchev–Trinajstić information content (AvgIpc) is 3.18. The first-order valence-corrected chi connectivity index (χ1v) is 9.03. The van der Waals surface area contributed by atoms with E-state index in [0.29, 0.717) is 30.7 Å². The molecule has 0 amide bonds. The van der Waals surface area contributed by atoms with Crippen LogP contribution in [0.3, 0.4) is 0 Å². The molecule has 2 aromatic heterocycles. The van der Waals surface area contributed by atoms with Crippen molar-refractivity contribution in [3.05, 3.63) is 89.9 Å². The lowest BCUT2D eigenvalue weighted by atomic mass is 10.2. The SMILES string of the molecule is Cc1noc(-c2cccnc2NCc2cccc(OCc3ccccc3)c2)n1. The molecule has 2 aromatic carbocycles. The number of ether oxygens (including phenoxy) is 1. The van der Waals surface area contributed by atoms with Crippen LogP contribution in [0.25, 0.3) is 11.5 Å². The Bertz CT molecular complexity index is 1050. The van der Waals surface area contributed by atoms with Gasteiger partial charge < -0.3 is 14.6 Å². The smallest absolute Gasteiger partial charge is 0.261 e. The van der Waals surface area contributed by atoms with Crippen molar-refractivity contribution < 1.29 is 9.26 Å². The van der Waals surface area contributed by atoms with E-state index < -0.39 is 0 Å². The van der Waals surface area contributed by atoms with Crippen LogP contribution in [0.1, 0.15) is 17.0 Å². The first-order valence-electron chi connectivity index (χ1n) is 9.03. The van der Waals surface area contributed by atoms with Crippen LogP contribution in [0.5, 0.6) is 5.75 Å². The normalized spacial score (nSPS) is 10.6. The van der Waals surface area contributed by atoms with Crippen molar-refractivity contribution in [2.24, 2.45) is 0 Å². The van der Waals surface area contributed by atoms with E-state index in [1.165, 1.54) is 0 Å². The van der Waals surface area contributed by atoms with Crippen molar-refractivity contribution in [1.82, 2.24) is 15.1 Å². The minimum Gasteiger partial charge on any atom is -0.489 e. The predicted molar refractivity (Wildman–Crippen MR) is 107 cm³/mol. The second kappa shape index (κ2) is 8.35. The quantitative estimate of drug-likeness (QED) is 0.510. The van der Waals surface area contributed by atoms with Gasteiger partial charge in [-0.05, 0) is 42.3 Å². The molecule has 0 spiro atoms. The van der Waals surface area contributed by atoms with Crippen molar-refractivity contribution in [1.29, 1.82) is 0 Å². The molecule has 0 aliphatic carbocycles. The maximum atomic E-state index is 5.90. The lowest BCUT2D eigenvalue weighted by Gasteiger charge is -2.11. The van der Waals surface area contributed by atoms with Gasteiger partial charge in [0.15, 0.2) is 5.82 Å². The van der Waals surface area contributed by atoms with Gasteiger partial charge in [0.2, 0.25) is 0 Å². The van der Waals surface area contributed by atoms with Gasteiger partial charge >= 0.3 is 0 Å². The lowest BCUT2D eigenvalue weighted by Crippen LogP contribution is -2.03. The average molecular weight is 372 g/mol. The van der Waals surface area contributed by atoms with E-state index in [0.717, 1.165) is 22.4 Å². The fraction of sp³-hybridized carbons (Fsp3) is 0.136. The second-order valence-electron chi connectivity index (χ2n) is 6.32. The third kappa shape index (κ3) is 4.35. The van der Waals surface area contributed by atoms with Crippen molar-refractivity contribution in [2.75, 3.05) is 5.32 Å². The van der Waals surface area contributed by atoms with Crippen molar-refractivity contribution in [3.8, 4) is 17.2 Å². The highest BCUT2D eigenvalue weighted by Gasteiger charge is 2.12. The minimum atomic E-state index is 0.452. The molecule has 0 aliphatic rings. The van der Waals surface area contributed by atoms with E-state index in [2.05, 4.69) is 20.4 Å². The van der Waals surface area contributed by atoms with Gasteiger partial charge in [-0.2, -0.15) is 4.98 Å². The van der Waals surface area contributed by atoms with E-state index in [9.17, 15) is 0 Å². The van der Waals surface area contributed by atoms with Crippen LogP contribution in [0.4, 0.5) is 5.82 Å². The molecule has 4 aromatic rings. The third-order valence-corrected chi connectivity index (χ3v) is 4.17. The summed E-state index contributed by atoms with van der Waals surface area (Å²) < 4.78 is 11.2. The summed E-state index contributed by atoms with van der Waals surface area (Å²) in [6.07, 6.45) is 1.73. The Hall–Kier alpha value is -3.67. The van der Waals surface area contributed by atoms with Crippen LogP contribution in [-0.2, 0) is 13.2 Å². The predicted octanol–water partition coefficient (Wildman–Crippen LogP) is 4.63. The van der Waals surface area contributed by atoms with E-state index in [1.807, 2.05) is 66.7 Å². The number of aryl methyl sites for hydroxylation is 1. The van der Waals surface area contributed by atoms with Gasteiger partial charge in [-0.1, -0.05) is 47.6 Å². The molecule has 28 heavy (non-hydrogen) atoms. The van der Waals surface area contributed by atoms with Crippen LogP contribution < -0.4 is 10.1 Å². The summed E-state index contributed by atoms with van der Waals surface area (Å²) in [5.74, 6) is 2.57. The highest BCUT2D eigenvalue weighted by molar-refractivity contribution is 5.68. The van der Waals surface area contributed by atoms with Crippen LogP contribution in [0.15, 0.2) is 77.4 Å². The highest BCUT2D eigenvalue weighted by atomic mass is 16.5. The minimum absolute atomic E-state index is 0.452. The first-order chi connectivity index (χ1) is 13.8. The number of anilines is 1. The van der Waals surface area contributed by atoms with Crippen molar-refractivity contribution >= 4 is 5.82 Å². The Kier molecular flexibility index (Phi) is 5.29. The van der Waals surface area contributed by atoms with E-state index in [4.69, 9.17) is 9.26 Å². The zero-order valence-electron chi connectivity index (χ0n) is 15.5. The summed E-state index contributed by atoms with van der Waals surface area (Å²) in [6.45, 7) is 2.93. The Morgan fingerprint density at radius 2 is 1.82 bits per heavy atom. The van der Waals surface area contributed by atoms with Crippen LogP contribution in [0.2, 0.25) is 0 Å². The summed E-state index contributed by atoms with van der Waals surface area (Å²) in [4.78, 5) is 8.69. The summed E-state index contributed by atoms with van der Waals surface area (Å²) >= 11 is 0. The largest absolute Gasteiger partial charge is 0.489 e. The van der Waals surface area contributed by atoms with Crippen LogP contribution in [-0.4, -0.2) is 15.1 Å². The molecule has 0 unspecified atom stereocenters. The van der Waals surface area contributed by atoms with Gasteiger partial charge in [-0.25, -0.2) is 4.98 Å². The number of rotatable bonds is 7. The van der Waals surface area contributed by atoms with Gasteiger partial charge in [0.25, 0.3) is 5.89 Å². The monoisotopic (exact) mass is 372 g/mol. The molecule has 0 aliphatic heterocycles. The number of hydrogen-bond donors (Lipinski definition) is 1. The molecular weight excluding hydrogens is 352 g/mol. The molecule has 0 saturated carbocycles. The first kappa shape index (κ1) is 17.7. The number of benzene rings is 2. The molecular formula is C22H20N4O2. The molecule has 2 heterocycles. The number of pyridine rings is 1. The number of nitrogens with zero attached hydrogens (tertiary/aromatic N) is 3. The Labute approximate surface area is 163 Å². The number of hydrogen-bond acceptors (Lipinski definition) is 6. The third-order valence-electron chi connectivity index (χ3n) is 4.17. The van der Waals surface area contributed by atoms with Gasteiger partial charge in [0.05, 0.1) is 5.56 Å². The molecule has 0 saturated heterocycles. The maximum absolute atomic E-state index is 5.90. The molecule has 0 fully saturated rings. The Balaban J connectivity index is 1.43. The lowest BCUT2D eigenvalue weighted by molar-refractivity contribution is 0.306. The van der Waals surface area contributed by atoms with Crippen LogP contribution in [0, 0.1) is 6.92 Å². The fourth-order valence-electron chi connectivity index (χ4n) is 2.80. The standard InChI is InChI=1S/C22H20N4O2/c1-16-25-22(28-26-16)20-11-6-12-23-21(20)24-14-18-9-5-10-19(13-18)27-15-17-7-3-2-4-8-17/h2-13H,14-15H2,1H3,(H,23,24). The molecule has 1 N–H and O–H groups in total. The molecule has 0 atom stereocenters. The van der Waals surface area contributed by atoms with Gasteiger partial charge in [-0.3, -0.25) is 0 Å².